The van der Waals surface area contributed by atoms with E-state index in [9.17, 15) is 8.42 Å². The van der Waals surface area contributed by atoms with Gasteiger partial charge in [-0.15, -0.1) is 0 Å². The first-order valence-corrected chi connectivity index (χ1v) is 5.70. The van der Waals surface area contributed by atoms with Crippen LogP contribution in [0.25, 0.3) is 0 Å². The van der Waals surface area contributed by atoms with Gasteiger partial charge < -0.3 is 4.74 Å². The van der Waals surface area contributed by atoms with Gasteiger partial charge in [0.15, 0.2) is 5.03 Å². The molecule has 1 aromatic rings. The van der Waals surface area contributed by atoms with E-state index in [2.05, 4.69) is 5.10 Å². The Morgan fingerprint density at radius 3 is 2.93 bits per heavy atom. The zero-order chi connectivity index (χ0) is 10.3. The molecule has 0 atom stereocenters. The van der Waals surface area contributed by atoms with Gasteiger partial charge in [0.25, 0.3) is 10.0 Å². The molecule has 78 valence electrons. The van der Waals surface area contributed by atoms with E-state index in [1.165, 1.54) is 4.68 Å². The number of nitrogens with two attached hydrogens (primary N) is 1. The molecule has 14 heavy (non-hydrogen) atoms. The fourth-order valence-electron chi connectivity index (χ4n) is 1.65. The Morgan fingerprint density at radius 2 is 2.29 bits per heavy atom. The van der Waals surface area contributed by atoms with Gasteiger partial charge in [-0.2, -0.15) is 5.10 Å². The van der Waals surface area contributed by atoms with Gasteiger partial charge in [-0.25, -0.2) is 13.6 Å². The van der Waals surface area contributed by atoms with Crippen LogP contribution in [0.3, 0.4) is 0 Å². The normalized spacial score (nSPS) is 16.7. The van der Waals surface area contributed by atoms with Gasteiger partial charge in [0, 0.05) is 19.0 Å². The van der Waals surface area contributed by atoms with Crippen LogP contribution in [0.1, 0.15) is 11.3 Å². The Hall–Kier alpha value is -0.920. The summed E-state index contributed by atoms with van der Waals surface area (Å²) in [4.78, 5) is 0. The molecule has 0 saturated carbocycles. The number of fused-ring (bicyclic) bond motifs is 1. The predicted octanol–water partition coefficient (Wildman–Crippen LogP) is -0.860. The molecule has 0 saturated heterocycles. The second kappa shape index (κ2) is 3.04. The maximum absolute atomic E-state index is 11.2. The largest absolute Gasteiger partial charge is 0.376 e. The summed E-state index contributed by atoms with van der Waals surface area (Å²) in [6.07, 6.45) is 0.638. The molecule has 0 fully saturated rings. The van der Waals surface area contributed by atoms with E-state index in [0.717, 1.165) is 5.69 Å². The van der Waals surface area contributed by atoms with Crippen molar-refractivity contribution in [3.63, 3.8) is 0 Å². The number of ether oxygens (including phenoxy) is 1. The van der Waals surface area contributed by atoms with Crippen LogP contribution in [-0.4, -0.2) is 24.8 Å². The van der Waals surface area contributed by atoms with E-state index >= 15 is 0 Å². The highest BCUT2D eigenvalue weighted by Crippen LogP contribution is 2.22. The lowest BCUT2D eigenvalue weighted by atomic mass is 10.2. The molecule has 0 bridgehead atoms. The first-order chi connectivity index (χ1) is 6.50. The molecule has 6 nitrogen and oxygen atoms in total. The highest BCUT2D eigenvalue weighted by atomic mass is 32.2. The molecule has 2 rings (SSSR count). The number of sulfonamides is 1. The van der Waals surface area contributed by atoms with Gasteiger partial charge in [0.05, 0.1) is 18.9 Å². The summed E-state index contributed by atoms with van der Waals surface area (Å²) in [7, 11) is -2.14. The predicted molar refractivity (Wildman–Crippen MR) is 47.9 cm³/mol. The lowest BCUT2D eigenvalue weighted by Crippen LogP contribution is -2.19. The van der Waals surface area contributed by atoms with Crippen molar-refractivity contribution in [3.8, 4) is 0 Å². The van der Waals surface area contributed by atoms with E-state index in [-0.39, 0.29) is 11.6 Å². The summed E-state index contributed by atoms with van der Waals surface area (Å²) in [5.74, 6) is 0. The number of rotatable bonds is 1. The number of primary sulfonamides is 1. The minimum absolute atomic E-state index is 0.0622. The van der Waals surface area contributed by atoms with Crippen molar-refractivity contribution in [3.05, 3.63) is 11.3 Å². The van der Waals surface area contributed by atoms with Crippen molar-refractivity contribution in [2.45, 2.75) is 18.1 Å². The van der Waals surface area contributed by atoms with Crippen molar-refractivity contribution >= 4 is 10.0 Å². The standard InChI is InChI=1S/C7H11N3O3S/c1-10-7(14(8,11)12)5-4-13-3-2-6(5)9-10/h2-4H2,1H3,(H2,8,11,12). The molecular formula is C7H11N3O3S. The fraction of sp³-hybridized carbons (Fsp3) is 0.571. The summed E-state index contributed by atoms with van der Waals surface area (Å²) in [6.45, 7) is 0.850. The van der Waals surface area contributed by atoms with Crippen LogP contribution in [0.4, 0.5) is 0 Å². The van der Waals surface area contributed by atoms with Crippen molar-refractivity contribution in [1.82, 2.24) is 9.78 Å². The molecule has 0 aromatic carbocycles. The molecule has 7 heteroatoms. The van der Waals surface area contributed by atoms with E-state index in [1.54, 1.807) is 7.05 Å². The molecule has 0 radical (unpaired) electrons. The minimum Gasteiger partial charge on any atom is -0.376 e. The summed E-state index contributed by atoms with van der Waals surface area (Å²) >= 11 is 0. The molecule has 0 spiro atoms. The van der Waals surface area contributed by atoms with Crippen molar-refractivity contribution < 1.29 is 13.2 Å². The van der Waals surface area contributed by atoms with E-state index in [1.807, 2.05) is 0 Å². The Kier molecular flexibility index (Phi) is 2.09. The number of hydrogen-bond donors (Lipinski definition) is 1. The van der Waals surface area contributed by atoms with Gasteiger partial charge in [0.2, 0.25) is 0 Å². The smallest absolute Gasteiger partial charge is 0.255 e. The lowest BCUT2D eigenvalue weighted by Gasteiger charge is -2.11. The number of aryl methyl sites for hydroxylation is 1. The topological polar surface area (TPSA) is 87.2 Å². The Bertz CT molecular complexity index is 463. The first-order valence-electron chi connectivity index (χ1n) is 4.15. The maximum atomic E-state index is 11.2. The third-order valence-corrected chi connectivity index (χ3v) is 3.22. The SMILES string of the molecule is Cn1nc2c(c1S(N)(=O)=O)COCC2. The van der Waals surface area contributed by atoms with Gasteiger partial charge >= 0.3 is 0 Å². The summed E-state index contributed by atoms with van der Waals surface area (Å²) in [6, 6.07) is 0. The first kappa shape index (κ1) is 9.63. The highest BCUT2D eigenvalue weighted by Gasteiger charge is 2.26. The number of aromatic nitrogens is 2. The van der Waals surface area contributed by atoms with Crippen LogP contribution in [0, 0.1) is 0 Å². The van der Waals surface area contributed by atoms with E-state index in [0.29, 0.717) is 18.6 Å². The second-order valence-electron chi connectivity index (χ2n) is 3.20. The molecule has 0 unspecified atom stereocenters. The molecule has 2 heterocycles. The zero-order valence-corrected chi connectivity index (χ0v) is 8.54. The van der Waals surface area contributed by atoms with Crippen LogP contribution in [0.5, 0.6) is 0 Å². The second-order valence-corrected chi connectivity index (χ2v) is 4.68. The van der Waals surface area contributed by atoms with Crippen molar-refractivity contribution in [1.29, 1.82) is 0 Å². The fourth-order valence-corrected chi connectivity index (χ4v) is 2.58. The maximum Gasteiger partial charge on any atom is 0.255 e. The molecule has 1 aromatic heterocycles. The van der Waals surface area contributed by atoms with Gasteiger partial charge in [0.1, 0.15) is 0 Å². The lowest BCUT2D eigenvalue weighted by molar-refractivity contribution is 0.108. The summed E-state index contributed by atoms with van der Waals surface area (Å²) < 4.78 is 29.0. The highest BCUT2D eigenvalue weighted by molar-refractivity contribution is 7.89. The molecular weight excluding hydrogens is 206 g/mol. The summed E-state index contributed by atoms with van der Waals surface area (Å²) in [5, 5.41) is 9.24. The van der Waals surface area contributed by atoms with Gasteiger partial charge in [-0.1, -0.05) is 0 Å². The van der Waals surface area contributed by atoms with Crippen molar-refractivity contribution in [2.24, 2.45) is 12.2 Å². The molecule has 1 aliphatic rings. The van der Waals surface area contributed by atoms with Crippen molar-refractivity contribution in [2.75, 3.05) is 6.61 Å². The number of hydrogen-bond acceptors (Lipinski definition) is 4. The Morgan fingerprint density at radius 1 is 1.57 bits per heavy atom. The van der Waals surface area contributed by atoms with Gasteiger partial charge in [-0.05, 0) is 0 Å². The molecule has 2 N–H and O–H groups in total. The van der Waals surface area contributed by atoms with E-state index in [4.69, 9.17) is 9.88 Å². The quantitative estimate of drug-likeness (QED) is 0.663. The monoisotopic (exact) mass is 217 g/mol. The van der Waals surface area contributed by atoms with E-state index < -0.39 is 10.0 Å². The molecule has 1 aliphatic heterocycles. The van der Waals surface area contributed by atoms with Crippen LogP contribution in [-0.2, 0) is 34.8 Å². The molecule has 0 amide bonds. The van der Waals surface area contributed by atoms with Crippen LogP contribution in [0.15, 0.2) is 5.03 Å². The Balaban J connectivity index is 2.65. The van der Waals surface area contributed by atoms with Crippen LogP contribution >= 0.6 is 0 Å². The average Bonchev–Trinajstić information content (AvgIpc) is 2.38. The molecule has 0 aliphatic carbocycles. The number of nitrogens with zero attached hydrogens (tertiary/aromatic N) is 2. The minimum atomic E-state index is -3.71. The summed E-state index contributed by atoms with van der Waals surface area (Å²) in [5.41, 5.74) is 1.36. The zero-order valence-electron chi connectivity index (χ0n) is 7.73. The third-order valence-electron chi connectivity index (χ3n) is 2.17. The third kappa shape index (κ3) is 1.43. The van der Waals surface area contributed by atoms with Gasteiger partial charge in [-0.3, -0.25) is 4.68 Å². The average molecular weight is 217 g/mol. The van der Waals surface area contributed by atoms with Crippen LogP contribution < -0.4 is 5.14 Å². The Labute approximate surface area is 81.7 Å². The van der Waals surface area contributed by atoms with Crippen LogP contribution in [0.2, 0.25) is 0 Å².